The molecule has 3 heteroatoms. The van der Waals surface area contributed by atoms with Crippen LogP contribution in [0.4, 0.5) is 0 Å². The zero-order chi connectivity index (χ0) is 12.8. The van der Waals surface area contributed by atoms with Crippen molar-refractivity contribution < 1.29 is 0 Å². The third kappa shape index (κ3) is 3.97. The first-order valence-corrected chi connectivity index (χ1v) is 7.76. The average molecular weight is 274 g/mol. The van der Waals surface area contributed by atoms with Crippen LogP contribution in [0.2, 0.25) is 4.34 Å². The Bertz CT molecular complexity index is 315. The van der Waals surface area contributed by atoms with Gasteiger partial charge in [-0.15, -0.1) is 11.3 Å². The van der Waals surface area contributed by atoms with E-state index in [1.54, 1.807) is 11.3 Å². The molecule has 0 amide bonds. The van der Waals surface area contributed by atoms with Crippen molar-refractivity contribution in [2.24, 2.45) is 5.92 Å². The first-order valence-electron chi connectivity index (χ1n) is 6.57. The summed E-state index contributed by atoms with van der Waals surface area (Å²) in [5.74, 6) is 0.717. The smallest absolute Gasteiger partial charge is 0.0960 e. The van der Waals surface area contributed by atoms with Crippen molar-refractivity contribution in [3.8, 4) is 0 Å². The van der Waals surface area contributed by atoms with Gasteiger partial charge in [0.2, 0.25) is 0 Å². The SMILES string of the molecule is CCCCC(CC)C(NC)c1cc(C)c(Cl)s1. The molecule has 1 aromatic heterocycles. The van der Waals surface area contributed by atoms with Gasteiger partial charge >= 0.3 is 0 Å². The van der Waals surface area contributed by atoms with E-state index in [4.69, 9.17) is 11.6 Å². The fourth-order valence-electron chi connectivity index (χ4n) is 2.32. The van der Waals surface area contributed by atoms with Gasteiger partial charge in [0.15, 0.2) is 0 Å². The quantitative estimate of drug-likeness (QED) is 0.721. The fraction of sp³-hybridized carbons (Fsp3) is 0.714. The first kappa shape index (κ1) is 15.0. The van der Waals surface area contributed by atoms with E-state index in [1.807, 2.05) is 0 Å². The number of hydrogen-bond donors (Lipinski definition) is 1. The minimum atomic E-state index is 0.461. The highest BCUT2D eigenvalue weighted by Gasteiger charge is 2.22. The highest BCUT2D eigenvalue weighted by Crippen LogP contribution is 2.36. The average Bonchev–Trinajstić information content (AvgIpc) is 2.64. The van der Waals surface area contributed by atoms with Gasteiger partial charge in [0.25, 0.3) is 0 Å². The van der Waals surface area contributed by atoms with E-state index < -0.39 is 0 Å². The van der Waals surface area contributed by atoms with Crippen molar-refractivity contribution >= 4 is 22.9 Å². The number of unbranched alkanes of at least 4 members (excludes halogenated alkanes) is 1. The zero-order valence-electron chi connectivity index (χ0n) is 11.3. The van der Waals surface area contributed by atoms with Gasteiger partial charge in [0.1, 0.15) is 0 Å². The van der Waals surface area contributed by atoms with Crippen LogP contribution < -0.4 is 5.32 Å². The first-order chi connectivity index (χ1) is 8.13. The van der Waals surface area contributed by atoms with Gasteiger partial charge in [-0.3, -0.25) is 0 Å². The topological polar surface area (TPSA) is 12.0 Å². The summed E-state index contributed by atoms with van der Waals surface area (Å²) in [6.07, 6.45) is 5.11. The molecular formula is C14H24ClNS. The van der Waals surface area contributed by atoms with E-state index in [0.717, 1.165) is 4.34 Å². The van der Waals surface area contributed by atoms with Crippen LogP contribution in [0.3, 0.4) is 0 Å². The van der Waals surface area contributed by atoms with E-state index in [-0.39, 0.29) is 0 Å². The second kappa shape index (κ2) is 7.40. The third-order valence-electron chi connectivity index (χ3n) is 3.42. The highest BCUT2D eigenvalue weighted by molar-refractivity contribution is 7.16. The molecule has 1 heterocycles. The third-order valence-corrected chi connectivity index (χ3v) is 5.06. The van der Waals surface area contributed by atoms with Crippen LogP contribution in [0.15, 0.2) is 6.07 Å². The van der Waals surface area contributed by atoms with Crippen LogP contribution >= 0.6 is 22.9 Å². The molecule has 1 nitrogen and oxygen atoms in total. The predicted molar refractivity (Wildman–Crippen MR) is 79.2 cm³/mol. The lowest BCUT2D eigenvalue weighted by molar-refractivity contribution is 0.343. The van der Waals surface area contributed by atoms with Gasteiger partial charge in [-0.25, -0.2) is 0 Å². The van der Waals surface area contributed by atoms with Gasteiger partial charge < -0.3 is 5.32 Å². The van der Waals surface area contributed by atoms with Crippen molar-refractivity contribution in [2.75, 3.05) is 7.05 Å². The molecule has 0 aliphatic heterocycles. The number of hydrogen-bond acceptors (Lipinski definition) is 2. The Hall–Kier alpha value is -0.0500. The zero-order valence-corrected chi connectivity index (χ0v) is 12.9. The monoisotopic (exact) mass is 273 g/mol. The Morgan fingerprint density at radius 2 is 2.12 bits per heavy atom. The number of halogens is 1. The van der Waals surface area contributed by atoms with Crippen LogP contribution in [-0.4, -0.2) is 7.05 Å². The number of nitrogens with one attached hydrogen (secondary N) is 1. The molecule has 2 atom stereocenters. The van der Waals surface area contributed by atoms with Gasteiger partial charge in [0, 0.05) is 10.9 Å². The Kier molecular flexibility index (Phi) is 6.53. The predicted octanol–water partition coefficient (Wildman–Crippen LogP) is 5.19. The van der Waals surface area contributed by atoms with Gasteiger partial charge in [-0.05, 0) is 37.9 Å². The van der Waals surface area contributed by atoms with Crippen molar-refractivity contribution in [3.05, 3.63) is 20.8 Å². The summed E-state index contributed by atoms with van der Waals surface area (Å²) in [6.45, 7) is 6.63. The van der Waals surface area contributed by atoms with E-state index in [1.165, 1.54) is 36.1 Å². The van der Waals surface area contributed by atoms with E-state index in [2.05, 4.69) is 39.2 Å². The summed E-state index contributed by atoms with van der Waals surface area (Å²) >= 11 is 7.90. The summed E-state index contributed by atoms with van der Waals surface area (Å²) in [7, 11) is 2.06. The maximum absolute atomic E-state index is 6.17. The molecule has 0 spiro atoms. The van der Waals surface area contributed by atoms with Crippen LogP contribution in [-0.2, 0) is 0 Å². The fourth-order valence-corrected chi connectivity index (χ4v) is 3.74. The normalized spacial score (nSPS) is 14.9. The highest BCUT2D eigenvalue weighted by atomic mass is 35.5. The minimum Gasteiger partial charge on any atom is -0.312 e. The van der Waals surface area contributed by atoms with Crippen molar-refractivity contribution in [1.82, 2.24) is 5.32 Å². The molecule has 1 aromatic rings. The van der Waals surface area contributed by atoms with E-state index >= 15 is 0 Å². The van der Waals surface area contributed by atoms with Crippen LogP contribution in [0.5, 0.6) is 0 Å². The van der Waals surface area contributed by atoms with Gasteiger partial charge in [0.05, 0.1) is 4.34 Å². The molecule has 2 unspecified atom stereocenters. The van der Waals surface area contributed by atoms with E-state index in [9.17, 15) is 0 Å². The summed E-state index contributed by atoms with van der Waals surface area (Å²) in [5, 5.41) is 3.47. The number of aryl methyl sites for hydroxylation is 1. The van der Waals surface area contributed by atoms with Crippen LogP contribution in [0.25, 0.3) is 0 Å². The van der Waals surface area contributed by atoms with Crippen LogP contribution in [0.1, 0.15) is 56.0 Å². The minimum absolute atomic E-state index is 0.461. The molecule has 0 radical (unpaired) electrons. The van der Waals surface area contributed by atoms with Gasteiger partial charge in [-0.1, -0.05) is 44.7 Å². The van der Waals surface area contributed by atoms with Crippen LogP contribution in [0, 0.1) is 12.8 Å². The van der Waals surface area contributed by atoms with Gasteiger partial charge in [-0.2, -0.15) is 0 Å². The number of rotatable bonds is 7. The molecule has 0 saturated heterocycles. The number of thiophene rings is 1. The maximum atomic E-state index is 6.17. The summed E-state index contributed by atoms with van der Waals surface area (Å²) in [6, 6.07) is 2.70. The molecule has 17 heavy (non-hydrogen) atoms. The molecule has 0 aliphatic rings. The Morgan fingerprint density at radius 1 is 1.41 bits per heavy atom. The molecule has 0 saturated carbocycles. The lowest BCUT2D eigenvalue weighted by Gasteiger charge is -2.25. The summed E-state index contributed by atoms with van der Waals surface area (Å²) in [4.78, 5) is 1.39. The van der Waals surface area contributed by atoms with Crippen molar-refractivity contribution in [1.29, 1.82) is 0 Å². The lowest BCUT2D eigenvalue weighted by Crippen LogP contribution is -2.24. The molecule has 1 rings (SSSR count). The van der Waals surface area contributed by atoms with Crippen molar-refractivity contribution in [3.63, 3.8) is 0 Å². The second-order valence-corrected chi connectivity index (χ2v) is 6.37. The molecule has 0 bridgehead atoms. The molecule has 0 aromatic carbocycles. The Labute approximate surface area is 115 Å². The molecule has 0 fully saturated rings. The molecule has 0 aliphatic carbocycles. The second-order valence-electron chi connectivity index (χ2n) is 4.68. The van der Waals surface area contributed by atoms with Crippen molar-refractivity contribution in [2.45, 2.75) is 52.5 Å². The Balaban J connectivity index is 2.80. The molecular weight excluding hydrogens is 250 g/mol. The largest absolute Gasteiger partial charge is 0.312 e. The summed E-state index contributed by atoms with van der Waals surface area (Å²) in [5.41, 5.74) is 1.21. The maximum Gasteiger partial charge on any atom is 0.0960 e. The summed E-state index contributed by atoms with van der Waals surface area (Å²) < 4.78 is 0.936. The standard InChI is InChI=1S/C14H24ClNS/c1-5-7-8-11(6-2)13(16-4)12-9-10(3)14(15)17-12/h9,11,13,16H,5-8H2,1-4H3. The Morgan fingerprint density at radius 3 is 2.53 bits per heavy atom. The molecule has 98 valence electrons. The molecule has 1 N–H and O–H groups in total. The lowest BCUT2D eigenvalue weighted by atomic mass is 9.90. The van der Waals surface area contributed by atoms with E-state index in [0.29, 0.717) is 12.0 Å².